The normalized spacial score (nSPS) is 13.9. The Kier molecular flexibility index (Phi) is 21.5. The second kappa shape index (κ2) is 23.7. The predicted octanol–water partition coefficient (Wildman–Crippen LogP) is -5.19. The molecular weight excluding hydrogens is 634 g/mol. The van der Waals surface area contributed by atoms with Crippen LogP contribution in [0.15, 0.2) is 4.99 Å². The Bertz CT molecular complexity index is 1110. The first-order valence-electron chi connectivity index (χ1n) is 15.6. The fourth-order valence-electron chi connectivity index (χ4n) is 4.05. The van der Waals surface area contributed by atoms with Gasteiger partial charge in [-0.25, -0.2) is 4.79 Å². The van der Waals surface area contributed by atoms with E-state index in [0.29, 0.717) is 19.4 Å². The Hall–Kier alpha value is -4.56. The standard InChI is InChI=1S/C28H53N11O9/c1-15(2)11-19(39-22(43)14-36-26(46)23(30)16(3)40)25(45)35-12-20(41)37-17(8-6-10-33-28(31)32)24(44)34-13-21(42)38-18(27(47)48)7-4-5-9-29/h15-19,23,40H,4-14,29-30H2,1-3H3,(H,34,44)(H,35,45)(H,36,46)(H,37,41)(H,38,42)(H,39,43)(H,47,48)(H4,31,32,33)/t16-,17+,18+,19+,23+/m1/s1. The van der Waals surface area contributed by atoms with Crippen molar-refractivity contribution in [3.63, 3.8) is 0 Å². The van der Waals surface area contributed by atoms with E-state index < -0.39 is 91.3 Å². The fourth-order valence-corrected chi connectivity index (χ4v) is 4.05. The molecule has 0 aromatic rings. The maximum atomic E-state index is 12.9. The Morgan fingerprint density at radius 1 is 0.688 bits per heavy atom. The van der Waals surface area contributed by atoms with Gasteiger partial charge in [0.2, 0.25) is 35.4 Å². The highest BCUT2D eigenvalue weighted by molar-refractivity contribution is 5.94. The maximum absolute atomic E-state index is 12.9. The molecule has 6 amide bonds. The van der Waals surface area contributed by atoms with Crippen LogP contribution in [0.1, 0.15) is 59.3 Å². The van der Waals surface area contributed by atoms with Gasteiger partial charge in [-0.15, -0.1) is 0 Å². The van der Waals surface area contributed by atoms with Gasteiger partial charge in [0, 0.05) is 6.54 Å². The summed E-state index contributed by atoms with van der Waals surface area (Å²) in [5.41, 5.74) is 21.6. The Morgan fingerprint density at radius 3 is 1.60 bits per heavy atom. The molecule has 274 valence electrons. The van der Waals surface area contributed by atoms with Crippen LogP contribution in [0.25, 0.3) is 0 Å². The Morgan fingerprint density at radius 2 is 1.15 bits per heavy atom. The molecule has 16 N–H and O–H groups in total. The van der Waals surface area contributed by atoms with E-state index in [-0.39, 0.29) is 44.1 Å². The van der Waals surface area contributed by atoms with E-state index in [9.17, 15) is 43.8 Å². The summed E-state index contributed by atoms with van der Waals surface area (Å²) in [6.45, 7) is 3.76. The highest BCUT2D eigenvalue weighted by Crippen LogP contribution is 2.05. The van der Waals surface area contributed by atoms with Crippen LogP contribution in [0.2, 0.25) is 0 Å². The number of aliphatic hydroxyl groups is 1. The minimum atomic E-state index is -1.25. The van der Waals surface area contributed by atoms with Crippen molar-refractivity contribution >= 4 is 47.4 Å². The number of aliphatic hydroxyl groups excluding tert-OH is 1. The molecule has 0 spiro atoms. The minimum Gasteiger partial charge on any atom is -0.480 e. The molecule has 0 aliphatic heterocycles. The molecule has 20 nitrogen and oxygen atoms in total. The molecule has 48 heavy (non-hydrogen) atoms. The first-order chi connectivity index (χ1) is 22.5. The third-order valence-electron chi connectivity index (χ3n) is 6.63. The van der Waals surface area contributed by atoms with Crippen molar-refractivity contribution in [2.75, 3.05) is 32.7 Å². The van der Waals surface area contributed by atoms with E-state index in [0.717, 1.165) is 0 Å². The molecular formula is C28H53N11O9. The molecule has 0 aromatic carbocycles. The van der Waals surface area contributed by atoms with Gasteiger partial charge >= 0.3 is 5.97 Å². The van der Waals surface area contributed by atoms with Crippen molar-refractivity contribution in [2.24, 2.45) is 33.8 Å². The molecule has 20 heteroatoms. The highest BCUT2D eigenvalue weighted by Gasteiger charge is 2.26. The number of nitrogens with one attached hydrogen (secondary N) is 6. The number of carbonyl (C=O) groups excluding carboxylic acids is 6. The van der Waals surface area contributed by atoms with Crippen molar-refractivity contribution in [1.82, 2.24) is 31.9 Å². The van der Waals surface area contributed by atoms with Crippen LogP contribution < -0.4 is 54.8 Å². The first kappa shape index (κ1) is 43.4. The summed E-state index contributed by atoms with van der Waals surface area (Å²) in [6.07, 6.45) is 0.534. The SMILES string of the molecule is CC(C)C[C@H](NC(=O)CNC(=O)[C@@H](N)[C@@H](C)O)C(=O)NCC(=O)N[C@@H](CCCN=C(N)N)C(=O)NCC(=O)N[C@@H](CCCCN)C(=O)O. The zero-order valence-electron chi connectivity index (χ0n) is 27.8. The number of carbonyl (C=O) groups is 7. The molecule has 0 fully saturated rings. The molecule has 0 aliphatic carbocycles. The molecule has 0 heterocycles. The van der Waals surface area contributed by atoms with E-state index in [2.05, 4.69) is 36.9 Å². The largest absolute Gasteiger partial charge is 0.480 e. The highest BCUT2D eigenvalue weighted by atomic mass is 16.4. The molecule has 0 radical (unpaired) electrons. The average molecular weight is 688 g/mol. The van der Waals surface area contributed by atoms with Gasteiger partial charge in [0.15, 0.2) is 5.96 Å². The van der Waals surface area contributed by atoms with Crippen LogP contribution in [0.3, 0.4) is 0 Å². The lowest BCUT2D eigenvalue weighted by Crippen LogP contribution is -2.54. The number of rotatable bonds is 24. The minimum absolute atomic E-state index is 0.0389. The number of amides is 6. The quantitative estimate of drug-likeness (QED) is 0.0257. The summed E-state index contributed by atoms with van der Waals surface area (Å²) in [4.78, 5) is 90.5. The predicted molar refractivity (Wildman–Crippen MR) is 174 cm³/mol. The lowest BCUT2D eigenvalue weighted by molar-refractivity contribution is -0.142. The van der Waals surface area contributed by atoms with Gasteiger partial charge < -0.3 is 65.0 Å². The number of carboxylic acid groups (broad SMARTS) is 1. The smallest absolute Gasteiger partial charge is 0.326 e. The van der Waals surface area contributed by atoms with Crippen molar-refractivity contribution < 1.29 is 43.8 Å². The van der Waals surface area contributed by atoms with Crippen LogP contribution >= 0.6 is 0 Å². The van der Waals surface area contributed by atoms with Gasteiger partial charge in [0.05, 0.1) is 25.7 Å². The van der Waals surface area contributed by atoms with Gasteiger partial charge in [-0.1, -0.05) is 13.8 Å². The van der Waals surface area contributed by atoms with E-state index in [4.69, 9.17) is 22.9 Å². The Balaban J connectivity index is 5.29. The summed E-state index contributed by atoms with van der Waals surface area (Å²) in [7, 11) is 0. The van der Waals surface area contributed by atoms with Crippen molar-refractivity contribution in [3.05, 3.63) is 0 Å². The van der Waals surface area contributed by atoms with Gasteiger partial charge in [-0.3, -0.25) is 33.8 Å². The molecule has 0 rings (SSSR count). The summed E-state index contributed by atoms with van der Waals surface area (Å²) in [6, 6.07) is -4.67. The van der Waals surface area contributed by atoms with Crippen LogP contribution in [-0.2, 0) is 33.6 Å². The number of aliphatic imine (C=N–C) groups is 1. The van der Waals surface area contributed by atoms with Crippen molar-refractivity contribution in [2.45, 2.75) is 89.6 Å². The van der Waals surface area contributed by atoms with Crippen LogP contribution in [-0.4, -0.2) is 121 Å². The third-order valence-corrected chi connectivity index (χ3v) is 6.63. The van der Waals surface area contributed by atoms with E-state index in [1.54, 1.807) is 13.8 Å². The molecule has 0 aliphatic rings. The second-order valence-electron chi connectivity index (χ2n) is 11.5. The number of hydrogen-bond donors (Lipinski definition) is 12. The van der Waals surface area contributed by atoms with Crippen molar-refractivity contribution in [1.29, 1.82) is 0 Å². The Labute approximate surface area is 279 Å². The third kappa shape index (κ3) is 19.8. The summed E-state index contributed by atoms with van der Waals surface area (Å²) >= 11 is 0. The molecule has 0 aromatic heterocycles. The second-order valence-corrected chi connectivity index (χ2v) is 11.5. The topological polar surface area (TPSA) is 349 Å². The number of carboxylic acids is 1. The number of nitrogens with two attached hydrogens (primary N) is 4. The summed E-state index contributed by atoms with van der Waals surface area (Å²) in [5.74, 6) is -5.93. The lowest BCUT2D eigenvalue weighted by Gasteiger charge is -2.22. The molecule has 0 saturated carbocycles. The number of nitrogens with zero attached hydrogens (tertiary/aromatic N) is 1. The zero-order valence-corrected chi connectivity index (χ0v) is 27.8. The van der Waals surface area contributed by atoms with E-state index in [1.165, 1.54) is 6.92 Å². The molecule has 0 unspecified atom stereocenters. The number of hydrogen-bond acceptors (Lipinski definition) is 11. The lowest BCUT2D eigenvalue weighted by atomic mass is 10.0. The number of aliphatic carboxylic acids is 1. The van der Waals surface area contributed by atoms with Gasteiger partial charge in [0.25, 0.3) is 0 Å². The molecule has 0 saturated heterocycles. The summed E-state index contributed by atoms with van der Waals surface area (Å²) in [5, 5.41) is 33.1. The zero-order chi connectivity index (χ0) is 36.8. The molecule has 5 atom stereocenters. The average Bonchev–Trinajstić information content (AvgIpc) is 3.00. The van der Waals surface area contributed by atoms with Crippen LogP contribution in [0.5, 0.6) is 0 Å². The number of unbranched alkanes of at least 4 members (excludes halogenated alkanes) is 1. The van der Waals surface area contributed by atoms with Gasteiger partial charge in [-0.05, 0) is 57.9 Å². The first-order valence-corrected chi connectivity index (χ1v) is 15.6. The van der Waals surface area contributed by atoms with E-state index in [1.807, 2.05) is 0 Å². The fraction of sp³-hybridized carbons (Fsp3) is 0.714. The summed E-state index contributed by atoms with van der Waals surface area (Å²) < 4.78 is 0. The monoisotopic (exact) mass is 687 g/mol. The van der Waals surface area contributed by atoms with Crippen LogP contribution in [0.4, 0.5) is 0 Å². The van der Waals surface area contributed by atoms with Crippen molar-refractivity contribution in [3.8, 4) is 0 Å². The number of guanidine groups is 1. The van der Waals surface area contributed by atoms with Gasteiger partial charge in [-0.2, -0.15) is 0 Å². The van der Waals surface area contributed by atoms with Gasteiger partial charge in [0.1, 0.15) is 24.2 Å². The molecule has 0 bridgehead atoms. The van der Waals surface area contributed by atoms with Crippen LogP contribution in [0, 0.1) is 5.92 Å². The van der Waals surface area contributed by atoms with E-state index >= 15 is 0 Å². The maximum Gasteiger partial charge on any atom is 0.326 e.